The molecule has 14 heavy (non-hydrogen) atoms. The Morgan fingerprint density at radius 2 is 2.36 bits per heavy atom. The van der Waals surface area contributed by atoms with Crippen LogP contribution in [-0.4, -0.2) is 36.0 Å². The van der Waals surface area contributed by atoms with Crippen molar-refractivity contribution in [2.75, 3.05) is 18.8 Å². The van der Waals surface area contributed by atoms with Crippen LogP contribution in [0.4, 0.5) is 0 Å². The van der Waals surface area contributed by atoms with Crippen molar-refractivity contribution in [3.05, 3.63) is 0 Å². The van der Waals surface area contributed by atoms with Crippen LogP contribution in [0.25, 0.3) is 0 Å². The summed E-state index contributed by atoms with van der Waals surface area (Å²) in [6.07, 6.45) is 2.55. The van der Waals surface area contributed by atoms with Gasteiger partial charge in [0.15, 0.2) is 0 Å². The fourth-order valence-electron chi connectivity index (χ4n) is 1.39. The molecule has 0 aromatic rings. The van der Waals surface area contributed by atoms with E-state index in [1.165, 1.54) is 18.6 Å². The Kier molecular flexibility index (Phi) is 5.33. The monoisotopic (exact) mass is 216 g/mol. The molecule has 0 radical (unpaired) electrons. The minimum absolute atomic E-state index is 0.117. The van der Waals surface area contributed by atoms with Crippen LogP contribution < -0.4 is 10.6 Å². The zero-order valence-electron chi connectivity index (χ0n) is 9.01. The zero-order chi connectivity index (χ0) is 10.4. The van der Waals surface area contributed by atoms with Gasteiger partial charge in [-0.2, -0.15) is 11.8 Å². The SMILES string of the molecule is CC(C)NCC(=O)NCC1CCCS1. The second kappa shape index (κ2) is 6.30. The lowest BCUT2D eigenvalue weighted by Gasteiger charge is -2.11. The summed E-state index contributed by atoms with van der Waals surface area (Å²) in [5.74, 6) is 1.37. The molecule has 1 rings (SSSR count). The highest BCUT2D eigenvalue weighted by atomic mass is 32.2. The molecule has 0 spiro atoms. The largest absolute Gasteiger partial charge is 0.354 e. The fraction of sp³-hybridized carbons (Fsp3) is 0.900. The molecule has 0 saturated carbocycles. The summed E-state index contributed by atoms with van der Waals surface area (Å²) in [5, 5.41) is 6.71. The van der Waals surface area contributed by atoms with Gasteiger partial charge in [0.25, 0.3) is 0 Å². The Morgan fingerprint density at radius 3 is 2.93 bits per heavy atom. The highest BCUT2D eigenvalue weighted by Crippen LogP contribution is 2.24. The molecule has 1 heterocycles. The molecular weight excluding hydrogens is 196 g/mol. The Hall–Kier alpha value is -0.220. The summed E-state index contributed by atoms with van der Waals surface area (Å²) < 4.78 is 0. The molecule has 0 aromatic heterocycles. The average Bonchev–Trinajstić information content (AvgIpc) is 2.63. The number of hydrogen-bond donors (Lipinski definition) is 2. The fourth-order valence-corrected chi connectivity index (χ4v) is 2.59. The number of rotatable bonds is 5. The molecule has 0 bridgehead atoms. The van der Waals surface area contributed by atoms with Gasteiger partial charge in [0.2, 0.25) is 5.91 Å². The highest BCUT2D eigenvalue weighted by molar-refractivity contribution is 8.00. The Balaban J connectivity index is 2.02. The van der Waals surface area contributed by atoms with Crippen molar-refractivity contribution in [1.29, 1.82) is 0 Å². The third kappa shape index (κ3) is 4.86. The molecule has 4 heteroatoms. The van der Waals surface area contributed by atoms with Crippen LogP contribution in [0.2, 0.25) is 0 Å². The van der Waals surface area contributed by atoms with Crippen LogP contribution in [0, 0.1) is 0 Å². The summed E-state index contributed by atoms with van der Waals surface area (Å²) in [7, 11) is 0. The molecule has 1 amide bonds. The van der Waals surface area contributed by atoms with E-state index in [1.54, 1.807) is 0 Å². The Bertz CT molecular complexity index is 179. The van der Waals surface area contributed by atoms with Crippen LogP contribution in [0.1, 0.15) is 26.7 Å². The van der Waals surface area contributed by atoms with Gasteiger partial charge in [-0.25, -0.2) is 0 Å². The van der Waals surface area contributed by atoms with Gasteiger partial charge in [-0.05, 0) is 18.6 Å². The lowest BCUT2D eigenvalue weighted by molar-refractivity contribution is -0.120. The van der Waals surface area contributed by atoms with E-state index in [1.807, 2.05) is 25.6 Å². The molecular formula is C10H20N2OS. The van der Waals surface area contributed by atoms with Gasteiger partial charge in [0.05, 0.1) is 6.54 Å². The second-order valence-electron chi connectivity index (χ2n) is 3.97. The van der Waals surface area contributed by atoms with Gasteiger partial charge in [-0.3, -0.25) is 4.79 Å². The molecule has 1 fully saturated rings. The smallest absolute Gasteiger partial charge is 0.234 e. The van der Waals surface area contributed by atoms with E-state index >= 15 is 0 Å². The third-order valence-corrected chi connectivity index (χ3v) is 3.62. The second-order valence-corrected chi connectivity index (χ2v) is 5.38. The maximum absolute atomic E-state index is 11.3. The lowest BCUT2D eigenvalue weighted by atomic mass is 10.2. The first kappa shape index (κ1) is 11.9. The van der Waals surface area contributed by atoms with E-state index in [0.717, 1.165) is 6.54 Å². The first-order valence-electron chi connectivity index (χ1n) is 5.30. The molecule has 0 aromatic carbocycles. The standard InChI is InChI=1S/C10H20N2OS/c1-8(2)11-7-10(13)12-6-9-4-3-5-14-9/h8-9,11H,3-7H2,1-2H3,(H,12,13). The van der Waals surface area contributed by atoms with Gasteiger partial charge in [0.1, 0.15) is 0 Å². The molecule has 1 atom stereocenters. The van der Waals surface area contributed by atoms with Gasteiger partial charge >= 0.3 is 0 Å². The predicted octanol–water partition coefficient (Wildman–Crippen LogP) is 0.996. The van der Waals surface area contributed by atoms with Gasteiger partial charge < -0.3 is 10.6 Å². The first-order valence-corrected chi connectivity index (χ1v) is 6.35. The van der Waals surface area contributed by atoms with Crippen molar-refractivity contribution >= 4 is 17.7 Å². The summed E-state index contributed by atoms with van der Waals surface area (Å²) in [5.41, 5.74) is 0. The number of amides is 1. The third-order valence-electron chi connectivity index (χ3n) is 2.22. The Labute approximate surface area is 90.4 Å². The number of nitrogens with one attached hydrogen (secondary N) is 2. The number of thioether (sulfide) groups is 1. The summed E-state index contributed by atoms with van der Waals surface area (Å²) >= 11 is 1.97. The quantitative estimate of drug-likeness (QED) is 0.720. The van der Waals surface area contributed by atoms with Crippen LogP contribution in [0.5, 0.6) is 0 Å². The van der Waals surface area contributed by atoms with Crippen molar-refractivity contribution in [1.82, 2.24) is 10.6 Å². The molecule has 1 unspecified atom stereocenters. The molecule has 82 valence electrons. The average molecular weight is 216 g/mol. The van der Waals surface area contributed by atoms with E-state index < -0.39 is 0 Å². The lowest BCUT2D eigenvalue weighted by Crippen LogP contribution is -2.39. The zero-order valence-corrected chi connectivity index (χ0v) is 9.82. The van der Waals surface area contributed by atoms with E-state index in [-0.39, 0.29) is 5.91 Å². The van der Waals surface area contributed by atoms with Crippen molar-refractivity contribution in [2.24, 2.45) is 0 Å². The van der Waals surface area contributed by atoms with Crippen molar-refractivity contribution in [2.45, 2.75) is 38.0 Å². The topological polar surface area (TPSA) is 41.1 Å². The van der Waals surface area contributed by atoms with E-state index in [9.17, 15) is 4.79 Å². The maximum Gasteiger partial charge on any atom is 0.234 e. The summed E-state index contributed by atoms with van der Waals surface area (Å²) in [6, 6.07) is 0.376. The molecule has 1 aliphatic rings. The number of carbonyl (C=O) groups is 1. The van der Waals surface area contributed by atoms with Crippen molar-refractivity contribution < 1.29 is 4.79 Å². The minimum atomic E-state index is 0.117. The molecule has 1 saturated heterocycles. The van der Waals surface area contributed by atoms with Gasteiger partial charge in [-0.15, -0.1) is 0 Å². The summed E-state index contributed by atoms with van der Waals surface area (Å²) in [6.45, 7) is 5.36. The normalized spacial score (nSPS) is 21.5. The molecule has 1 aliphatic heterocycles. The number of carbonyl (C=O) groups excluding carboxylic acids is 1. The van der Waals surface area contributed by atoms with Crippen LogP contribution in [-0.2, 0) is 4.79 Å². The number of hydrogen-bond acceptors (Lipinski definition) is 3. The molecule has 0 aliphatic carbocycles. The van der Waals surface area contributed by atoms with Gasteiger partial charge in [-0.1, -0.05) is 13.8 Å². The van der Waals surface area contributed by atoms with Crippen LogP contribution in [0.3, 0.4) is 0 Å². The van der Waals surface area contributed by atoms with E-state index in [2.05, 4.69) is 10.6 Å². The van der Waals surface area contributed by atoms with Crippen LogP contribution in [0.15, 0.2) is 0 Å². The van der Waals surface area contributed by atoms with Crippen molar-refractivity contribution in [3.8, 4) is 0 Å². The molecule has 2 N–H and O–H groups in total. The van der Waals surface area contributed by atoms with Crippen molar-refractivity contribution in [3.63, 3.8) is 0 Å². The first-order chi connectivity index (χ1) is 6.68. The van der Waals surface area contributed by atoms with E-state index in [0.29, 0.717) is 17.8 Å². The molecule has 3 nitrogen and oxygen atoms in total. The minimum Gasteiger partial charge on any atom is -0.354 e. The maximum atomic E-state index is 11.3. The predicted molar refractivity (Wildman–Crippen MR) is 61.6 cm³/mol. The van der Waals surface area contributed by atoms with Gasteiger partial charge in [0, 0.05) is 17.8 Å². The van der Waals surface area contributed by atoms with Crippen LogP contribution >= 0.6 is 11.8 Å². The highest BCUT2D eigenvalue weighted by Gasteiger charge is 2.15. The summed E-state index contributed by atoms with van der Waals surface area (Å²) in [4.78, 5) is 11.3. The Morgan fingerprint density at radius 1 is 1.57 bits per heavy atom. The van der Waals surface area contributed by atoms with E-state index in [4.69, 9.17) is 0 Å².